The normalized spacial score (nSPS) is 10.0. The highest BCUT2D eigenvalue weighted by Crippen LogP contribution is 2.45. The summed E-state index contributed by atoms with van der Waals surface area (Å²) < 4.78 is 20.5. The third-order valence-corrected chi connectivity index (χ3v) is 3.93. The van der Waals surface area contributed by atoms with Crippen molar-refractivity contribution in [3.8, 4) is 27.7 Å². The molecule has 2 aromatic rings. The lowest BCUT2D eigenvalue weighted by Gasteiger charge is -2.14. The molecule has 110 valence electrons. The molecule has 0 spiro atoms. The lowest BCUT2D eigenvalue weighted by Crippen LogP contribution is -1.95. The first-order valence-electron chi connectivity index (χ1n) is 6.23. The fourth-order valence-electron chi connectivity index (χ4n) is 2.00. The quantitative estimate of drug-likeness (QED) is 0.755. The van der Waals surface area contributed by atoms with Crippen LogP contribution in [0.3, 0.4) is 0 Å². The molecule has 0 saturated carbocycles. The number of hydrogen-bond acceptors (Lipinski definition) is 5. The second kappa shape index (κ2) is 6.45. The molecule has 0 aliphatic carbocycles. The number of benzene rings is 1. The number of rotatable bonds is 6. The van der Waals surface area contributed by atoms with Crippen LogP contribution in [-0.2, 0) is 0 Å². The Morgan fingerprint density at radius 1 is 1.19 bits per heavy atom. The van der Waals surface area contributed by atoms with Crippen molar-refractivity contribution in [3.63, 3.8) is 0 Å². The molecular formula is C16H17NO3S. The minimum absolute atomic E-state index is 0.607. The average molecular weight is 303 g/mol. The minimum atomic E-state index is 0.607. The van der Waals surface area contributed by atoms with E-state index < -0.39 is 0 Å². The van der Waals surface area contributed by atoms with E-state index in [1.165, 1.54) is 11.5 Å². The van der Waals surface area contributed by atoms with Crippen molar-refractivity contribution in [2.24, 2.45) is 0 Å². The van der Waals surface area contributed by atoms with Gasteiger partial charge in [0.15, 0.2) is 11.5 Å². The van der Waals surface area contributed by atoms with Gasteiger partial charge in [-0.1, -0.05) is 19.2 Å². The molecule has 2 rings (SSSR count). The van der Waals surface area contributed by atoms with Gasteiger partial charge in [0.2, 0.25) is 0 Å². The van der Waals surface area contributed by atoms with Crippen molar-refractivity contribution in [1.82, 2.24) is 4.37 Å². The summed E-state index contributed by atoms with van der Waals surface area (Å²) in [7, 11) is 4.81. The lowest BCUT2D eigenvalue weighted by molar-refractivity contribution is 0.350. The first-order chi connectivity index (χ1) is 10.2. The van der Waals surface area contributed by atoms with Crippen LogP contribution < -0.4 is 14.2 Å². The predicted octanol–water partition coefficient (Wildman–Crippen LogP) is 4.04. The summed E-state index contributed by atoms with van der Waals surface area (Å²) in [5.41, 5.74) is 2.58. The summed E-state index contributed by atoms with van der Waals surface area (Å²) in [6.45, 7) is 7.75. The first kappa shape index (κ1) is 15.1. The number of allylic oxidation sites excluding steroid dienone is 2. The van der Waals surface area contributed by atoms with Gasteiger partial charge in [-0.25, -0.2) is 0 Å². The molecule has 0 aliphatic rings. The largest absolute Gasteiger partial charge is 0.497 e. The van der Waals surface area contributed by atoms with Gasteiger partial charge >= 0.3 is 0 Å². The molecule has 0 amide bonds. The molecule has 0 atom stereocenters. The fraction of sp³-hybridized carbons (Fsp3) is 0.188. The van der Waals surface area contributed by atoms with Gasteiger partial charge in [-0.2, -0.15) is 4.37 Å². The molecule has 0 fully saturated rings. The molecular weight excluding hydrogens is 286 g/mol. The highest BCUT2D eigenvalue weighted by atomic mass is 32.1. The van der Waals surface area contributed by atoms with E-state index in [0.717, 1.165) is 21.6 Å². The molecule has 1 aromatic carbocycles. The molecule has 5 heteroatoms. The fourth-order valence-corrected chi connectivity index (χ4v) is 2.79. The van der Waals surface area contributed by atoms with Crippen LogP contribution in [0.15, 0.2) is 37.6 Å². The number of methoxy groups -OCH3 is 3. The smallest absolute Gasteiger partial charge is 0.169 e. The number of aromatic nitrogens is 1. The molecule has 1 heterocycles. The SMILES string of the molecule is C=CC(=C)c1cnsc1-c1cc(OC)cc(OC)c1OC. The second-order valence-electron chi connectivity index (χ2n) is 4.21. The van der Waals surface area contributed by atoms with E-state index in [0.29, 0.717) is 17.2 Å². The van der Waals surface area contributed by atoms with Gasteiger partial charge in [0.05, 0.1) is 26.2 Å². The van der Waals surface area contributed by atoms with E-state index in [1.807, 2.05) is 6.07 Å². The Labute approximate surface area is 128 Å². The van der Waals surface area contributed by atoms with Crippen LogP contribution in [0.2, 0.25) is 0 Å². The summed E-state index contributed by atoms with van der Waals surface area (Å²) in [6, 6.07) is 3.68. The lowest BCUT2D eigenvalue weighted by atomic mass is 10.0. The zero-order valence-corrected chi connectivity index (χ0v) is 13.1. The van der Waals surface area contributed by atoms with Crippen LogP contribution in [0.4, 0.5) is 0 Å². The highest BCUT2D eigenvalue weighted by Gasteiger charge is 2.19. The van der Waals surface area contributed by atoms with Crippen molar-refractivity contribution in [2.45, 2.75) is 0 Å². The maximum Gasteiger partial charge on any atom is 0.169 e. The van der Waals surface area contributed by atoms with Gasteiger partial charge < -0.3 is 14.2 Å². The average Bonchev–Trinajstić information content (AvgIpc) is 3.01. The minimum Gasteiger partial charge on any atom is -0.497 e. The summed E-state index contributed by atoms with van der Waals surface area (Å²) in [6.07, 6.45) is 3.48. The van der Waals surface area contributed by atoms with E-state index in [-0.39, 0.29) is 0 Å². The van der Waals surface area contributed by atoms with Crippen LogP contribution in [0.5, 0.6) is 17.2 Å². The summed E-state index contributed by atoms with van der Waals surface area (Å²) >= 11 is 1.36. The van der Waals surface area contributed by atoms with E-state index >= 15 is 0 Å². The van der Waals surface area contributed by atoms with Crippen molar-refractivity contribution in [1.29, 1.82) is 0 Å². The Balaban J connectivity index is 2.70. The molecule has 0 unspecified atom stereocenters. The van der Waals surface area contributed by atoms with E-state index in [1.54, 1.807) is 39.7 Å². The monoisotopic (exact) mass is 303 g/mol. The zero-order chi connectivity index (χ0) is 15.4. The number of hydrogen-bond donors (Lipinski definition) is 0. The Morgan fingerprint density at radius 3 is 2.52 bits per heavy atom. The van der Waals surface area contributed by atoms with Crippen molar-refractivity contribution >= 4 is 17.1 Å². The maximum atomic E-state index is 5.50. The van der Waals surface area contributed by atoms with Gasteiger partial charge in [-0.05, 0) is 23.2 Å². The summed E-state index contributed by atoms with van der Waals surface area (Å²) in [5.74, 6) is 1.93. The third kappa shape index (κ3) is 2.78. The van der Waals surface area contributed by atoms with Gasteiger partial charge in [-0.3, -0.25) is 0 Å². The summed E-state index contributed by atoms with van der Waals surface area (Å²) in [5, 5.41) is 0. The van der Waals surface area contributed by atoms with Crippen LogP contribution in [-0.4, -0.2) is 25.7 Å². The van der Waals surface area contributed by atoms with Gasteiger partial charge in [0.25, 0.3) is 0 Å². The van der Waals surface area contributed by atoms with Crippen molar-refractivity contribution < 1.29 is 14.2 Å². The molecule has 0 bridgehead atoms. The molecule has 0 aliphatic heterocycles. The van der Waals surface area contributed by atoms with Crippen LogP contribution >= 0.6 is 11.5 Å². The van der Waals surface area contributed by atoms with E-state index in [2.05, 4.69) is 17.5 Å². The Bertz CT molecular complexity index is 676. The molecule has 0 radical (unpaired) electrons. The van der Waals surface area contributed by atoms with Crippen molar-refractivity contribution in [2.75, 3.05) is 21.3 Å². The van der Waals surface area contributed by atoms with Gasteiger partial charge in [-0.15, -0.1) is 0 Å². The summed E-state index contributed by atoms with van der Waals surface area (Å²) in [4.78, 5) is 0.939. The predicted molar refractivity (Wildman–Crippen MR) is 86.4 cm³/mol. The zero-order valence-electron chi connectivity index (χ0n) is 12.3. The topological polar surface area (TPSA) is 40.6 Å². The highest BCUT2D eigenvalue weighted by molar-refractivity contribution is 7.10. The van der Waals surface area contributed by atoms with Crippen LogP contribution in [0.25, 0.3) is 16.0 Å². The van der Waals surface area contributed by atoms with Crippen molar-refractivity contribution in [3.05, 3.63) is 43.1 Å². The van der Waals surface area contributed by atoms with E-state index in [4.69, 9.17) is 14.2 Å². The molecule has 0 N–H and O–H groups in total. The van der Waals surface area contributed by atoms with E-state index in [9.17, 15) is 0 Å². The molecule has 1 aromatic heterocycles. The molecule has 0 saturated heterocycles. The Hall–Kier alpha value is -2.27. The van der Waals surface area contributed by atoms with Crippen LogP contribution in [0.1, 0.15) is 5.56 Å². The molecule has 21 heavy (non-hydrogen) atoms. The number of ether oxygens (including phenoxy) is 3. The van der Waals surface area contributed by atoms with Gasteiger partial charge in [0.1, 0.15) is 5.75 Å². The Kier molecular flexibility index (Phi) is 4.65. The van der Waals surface area contributed by atoms with Crippen LogP contribution in [0, 0.1) is 0 Å². The Morgan fingerprint density at radius 2 is 1.95 bits per heavy atom. The number of nitrogens with zero attached hydrogens (tertiary/aromatic N) is 1. The second-order valence-corrected chi connectivity index (χ2v) is 5.01. The molecule has 4 nitrogen and oxygen atoms in total. The third-order valence-electron chi connectivity index (χ3n) is 3.10. The standard InChI is InChI=1S/C16H17NO3S/c1-6-10(2)13-9-17-21-16(13)12-7-11(18-3)8-14(19-4)15(12)20-5/h6-9H,1-2H2,3-5H3. The first-order valence-corrected chi connectivity index (χ1v) is 7.00. The van der Waals surface area contributed by atoms with Gasteiger partial charge in [0, 0.05) is 23.4 Å². The maximum absolute atomic E-state index is 5.50.